The molecule has 0 aliphatic heterocycles. The maximum Gasteiger partial charge on any atom is 0.269 e. The highest BCUT2D eigenvalue weighted by Crippen LogP contribution is 2.12. The van der Waals surface area contributed by atoms with E-state index in [0.717, 1.165) is 5.56 Å². The number of ketones is 1. The van der Waals surface area contributed by atoms with E-state index in [1.807, 2.05) is 0 Å². The lowest BCUT2D eigenvalue weighted by molar-refractivity contribution is -0.384. The predicted molar refractivity (Wildman–Crippen MR) is 57.4 cm³/mol. The molecule has 1 aromatic carbocycles. The second kappa shape index (κ2) is 5.05. The summed E-state index contributed by atoms with van der Waals surface area (Å²) in [5.41, 5.74) is 0.830. The molecule has 0 saturated heterocycles. The molecule has 78 valence electrons. The van der Waals surface area contributed by atoms with Crippen molar-refractivity contribution in [1.29, 1.82) is 0 Å². The fourth-order valence-electron chi connectivity index (χ4n) is 1.01. The number of benzene rings is 1. The van der Waals surface area contributed by atoms with E-state index in [4.69, 9.17) is 0 Å². The highest BCUT2D eigenvalue weighted by atomic mass is 16.6. The Labute approximate surface area is 87.4 Å². The third-order valence-corrected chi connectivity index (χ3v) is 1.91. The van der Waals surface area contributed by atoms with Crippen molar-refractivity contribution in [2.24, 2.45) is 0 Å². The van der Waals surface area contributed by atoms with Gasteiger partial charge in [-0.1, -0.05) is 13.0 Å². The number of allylic oxidation sites excluding steroid dienone is 1. The van der Waals surface area contributed by atoms with Gasteiger partial charge in [-0.3, -0.25) is 14.9 Å². The maximum absolute atomic E-state index is 11.0. The van der Waals surface area contributed by atoms with Crippen molar-refractivity contribution in [3.8, 4) is 0 Å². The number of rotatable bonds is 4. The molecular weight excluding hydrogens is 194 g/mol. The van der Waals surface area contributed by atoms with E-state index in [-0.39, 0.29) is 11.5 Å². The molecule has 4 nitrogen and oxygen atoms in total. The van der Waals surface area contributed by atoms with Crippen LogP contribution in [0, 0.1) is 10.1 Å². The van der Waals surface area contributed by atoms with E-state index >= 15 is 0 Å². The fourth-order valence-corrected chi connectivity index (χ4v) is 1.01. The first-order valence-corrected chi connectivity index (χ1v) is 4.59. The summed E-state index contributed by atoms with van der Waals surface area (Å²) in [4.78, 5) is 20.9. The topological polar surface area (TPSA) is 60.2 Å². The summed E-state index contributed by atoms with van der Waals surface area (Å²) in [5, 5.41) is 10.4. The number of carbonyl (C=O) groups excluding carboxylic acids is 1. The third-order valence-electron chi connectivity index (χ3n) is 1.91. The molecule has 0 bridgehead atoms. The highest BCUT2D eigenvalue weighted by molar-refractivity contribution is 5.93. The lowest BCUT2D eigenvalue weighted by Gasteiger charge is -1.93. The van der Waals surface area contributed by atoms with Crippen LogP contribution in [-0.4, -0.2) is 10.7 Å². The second-order valence-corrected chi connectivity index (χ2v) is 3.00. The largest absolute Gasteiger partial charge is 0.295 e. The van der Waals surface area contributed by atoms with Crippen molar-refractivity contribution in [3.63, 3.8) is 0 Å². The van der Waals surface area contributed by atoms with Gasteiger partial charge in [0, 0.05) is 18.6 Å². The van der Waals surface area contributed by atoms with Crippen LogP contribution in [0.15, 0.2) is 30.3 Å². The smallest absolute Gasteiger partial charge is 0.269 e. The zero-order chi connectivity index (χ0) is 11.3. The van der Waals surface area contributed by atoms with Crippen LogP contribution in [0.1, 0.15) is 18.9 Å². The van der Waals surface area contributed by atoms with Crippen molar-refractivity contribution >= 4 is 17.5 Å². The van der Waals surface area contributed by atoms with Crippen LogP contribution in [-0.2, 0) is 4.79 Å². The number of nitro groups is 1. The molecule has 0 atom stereocenters. The van der Waals surface area contributed by atoms with Gasteiger partial charge in [0.2, 0.25) is 0 Å². The molecule has 0 aliphatic carbocycles. The van der Waals surface area contributed by atoms with E-state index in [9.17, 15) is 14.9 Å². The maximum atomic E-state index is 11.0. The highest BCUT2D eigenvalue weighted by Gasteiger charge is 2.02. The molecule has 1 rings (SSSR count). The Hall–Kier alpha value is -1.97. The van der Waals surface area contributed by atoms with E-state index in [1.165, 1.54) is 18.2 Å². The molecule has 15 heavy (non-hydrogen) atoms. The summed E-state index contributed by atoms with van der Waals surface area (Å²) in [6.45, 7) is 1.78. The van der Waals surface area contributed by atoms with Crippen LogP contribution in [0.2, 0.25) is 0 Å². The molecule has 0 radical (unpaired) electrons. The average Bonchev–Trinajstić information content (AvgIpc) is 2.26. The van der Waals surface area contributed by atoms with Gasteiger partial charge in [-0.05, 0) is 23.8 Å². The van der Waals surface area contributed by atoms with E-state index in [1.54, 1.807) is 25.1 Å². The van der Waals surface area contributed by atoms with Crippen molar-refractivity contribution in [2.75, 3.05) is 0 Å². The average molecular weight is 205 g/mol. The molecule has 1 aromatic rings. The molecule has 0 amide bonds. The first-order chi connectivity index (χ1) is 7.13. The standard InChI is InChI=1S/C11H11NO3/c1-2-11(13)8-5-9-3-6-10(7-4-9)12(14)15/h3-8H,2H2,1H3. The summed E-state index contributed by atoms with van der Waals surface area (Å²) < 4.78 is 0. The van der Waals surface area contributed by atoms with Gasteiger partial charge >= 0.3 is 0 Å². The van der Waals surface area contributed by atoms with Gasteiger partial charge in [-0.15, -0.1) is 0 Å². The number of carbonyl (C=O) groups is 1. The molecule has 0 N–H and O–H groups in total. The van der Waals surface area contributed by atoms with Crippen LogP contribution in [0.3, 0.4) is 0 Å². The number of hydrogen-bond acceptors (Lipinski definition) is 3. The van der Waals surface area contributed by atoms with Crippen LogP contribution < -0.4 is 0 Å². The summed E-state index contributed by atoms with van der Waals surface area (Å²) in [5.74, 6) is 0.0355. The predicted octanol–water partition coefficient (Wildman–Crippen LogP) is 2.59. The molecular formula is C11H11NO3. The van der Waals surface area contributed by atoms with E-state index < -0.39 is 4.92 Å². The van der Waals surface area contributed by atoms with Gasteiger partial charge in [0.25, 0.3) is 5.69 Å². The van der Waals surface area contributed by atoms with Crippen molar-refractivity contribution in [2.45, 2.75) is 13.3 Å². The van der Waals surface area contributed by atoms with E-state index in [2.05, 4.69) is 0 Å². The van der Waals surface area contributed by atoms with Gasteiger partial charge < -0.3 is 0 Å². The molecule has 0 unspecified atom stereocenters. The van der Waals surface area contributed by atoms with Gasteiger partial charge in [-0.2, -0.15) is 0 Å². The van der Waals surface area contributed by atoms with Crippen LogP contribution in [0.5, 0.6) is 0 Å². The number of nitrogens with zero attached hydrogens (tertiary/aromatic N) is 1. The van der Waals surface area contributed by atoms with Crippen molar-refractivity contribution < 1.29 is 9.72 Å². The van der Waals surface area contributed by atoms with Gasteiger partial charge in [-0.25, -0.2) is 0 Å². The number of hydrogen-bond donors (Lipinski definition) is 0. The summed E-state index contributed by atoms with van der Waals surface area (Å²) >= 11 is 0. The lowest BCUT2D eigenvalue weighted by Crippen LogP contribution is -1.88. The number of non-ortho nitro benzene ring substituents is 1. The minimum atomic E-state index is -0.454. The summed E-state index contributed by atoms with van der Waals surface area (Å²) in [6, 6.07) is 6.04. The van der Waals surface area contributed by atoms with Crippen LogP contribution >= 0.6 is 0 Å². The summed E-state index contributed by atoms with van der Waals surface area (Å²) in [7, 11) is 0. The minimum absolute atomic E-state index is 0.0355. The molecule has 4 heteroatoms. The zero-order valence-electron chi connectivity index (χ0n) is 8.34. The molecule has 0 spiro atoms. The monoisotopic (exact) mass is 205 g/mol. The zero-order valence-corrected chi connectivity index (χ0v) is 8.34. The molecule has 0 aromatic heterocycles. The Kier molecular flexibility index (Phi) is 3.74. The molecule has 0 fully saturated rings. The van der Waals surface area contributed by atoms with Crippen molar-refractivity contribution in [3.05, 3.63) is 46.0 Å². The molecule has 0 saturated carbocycles. The summed E-state index contributed by atoms with van der Waals surface area (Å²) in [6.07, 6.45) is 3.58. The van der Waals surface area contributed by atoms with Crippen LogP contribution in [0.4, 0.5) is 5.69 Å². The normalized spacial score (nSPS) is 10.5. The minimum Gasteiger partial charge on any atom is -0.295 e. The molecule has 0 aliphatic rings. The first-order valence-electron chi connectivity index (χ1n) is 4.59. The quantitative estimate of drug-likeness (QED) is 0.431. The van der Waals surface area contributed by atoms with Crippen LogP contribution in [0.25, 0.3) is 6.08 Å². The molecule has 0 heterocycles. The second-order valence-electron chi connectivity index (χ2n) is 3.00. The fraction of sp³-hybridized carbons (Fsp3) is 0.182. The Bertz CT molecular complexity index is 393. The Balaban J connectivity index is 2.77. The lowest BCUT2D eigenvalue weighted by atomic mass is 10.1. The Morgan fingerprint density at radius 3 is 2.47 bits per heavy atom. The van der Waals surface area contributed by atoms with Gasteiger partial charge in [0.05, 0.1) is 4.92 Å². The van der Waals surface area contributed by atoms with E-state index in [0.29, 0.717) is 6.42 Å². The van der Waals surface area contributed by atoms with Crippen molar-refractivity contribution in [1.82, 2.24) is 0 Å². The van der Waals surface area contributed by atoms with Gasteiger partial charge in [0.1, 0.15) is 0 Å². The first kappa shape index (κ1) is 11.1. The Morgan fingerprint density at radius 2 is 2.00 bits per heavy atom. The Morgan fingerprint density at radius 1 is 1.40 bits per heavy atom. The number of nitro benzene ring substituents is 1. The SMILES string of the molecule is CCC(=O)C=Cc1ccc([N+](=O)[O-])cc1. The third kappa shape index (κ3) is 3.34. The van der Waals surface area contributed by atoms with Gasteiger partial charge in [0.15, 0.2) is 5.78 Å².